The van der Waals surface area contributed by atoms with Crippen LogP contribution in [0, 0.1) is 21.7 Å². The smallest absolute Gasteiger partial charge is 0.272 e. The molecule has 0 N–H and O–H groups in total. The number of rotatable bonds is 5. The van der Waals surface area contributed by atoms with Crippen molar-refractivity contribution in [3.05, 3.63) is 87.2 Å². The molecule has 0 bridgehead atoms. The van der Waals surface area contributed by atoms with Gasteiger partial charge in [-0.1, -0.05) is 17.4 Å². The number of carbonyl (C=O) groups is 1. The summed E-state index contributed by atoms with van der Waals surface area (Å²) in [6.07, 6.45) is 4.17. The normalized spacial score (nSPS) is 12.0. The van der Waals surface area contributed by atoms with Crippen LogP contribution in [0.2, 0.25) is 0 Å². The van der Waals surface area contributed by atoms with Crippen molar-refractivity contribution >= 4 is 39.2 Å². The van der Waals surface area contributed by atoms with Gasteiger partial charge in [-0.2, -0.15) is 4.99 Å². The van der Waals surface area contributed by atoms with Crippen LogP contribution in [0.4, 0.5) is 14.5 Å². The van der Waals surface area contributed by atoms with E-state index in [2.05, 4.69) is 11.6 Å². The van der Waals surface area contributed by atoms with Gasteiger partial charge in [-0.25, -0.2) is 8.78 Å². The Bertz CT molecular complexity index is 1180. The van der Waals surface area contributed by atoms with E-state index in [-0.39, 0.29) is 22.6 Å². The predicted octanol–water partition coefficient (Wildman–Crippen LogP) is 4.22. The van der Waals surface area contributed by atoms with Crippen molar-refractivity contribution in [1.29, 1.82) is 0 Å². The molecule has 0 aliphatic heterocycles. The van der Waals surface area contributed by atoms with Crippen LogP contribution < -0.4 is 4.80 Å². The zero-order chi connectivity index (χ0) is 20.3. The highest BCUT2D eigenvalue weighted by Gasteiger charge is 2.12. The molecule has 1 heterocycles. The predicted molar refractivity (Wildman–Crippen MR) is 103 cm³/mol. The molecule has 0 saturated heterocycles. The van der Waals surface area contributed by atoms with E-state index in [0.717, 1.165) is 17.4 Å². The topological polar surface area (TPSA) is 77.5 Å². The van der Waals surface area contributed by atoms with Gasteiger partial charge in [0.25, 0.3) is 11.6 Å². The lowest BCUT2D eigenvalue weighted by molar-refractivity contribution is -0.384. The number of non-ortho nitro benzene ring substituents is 1. The SMILES string of the molecule is C=CCn1c(=NC(=O)C=Cc2ccc([N+](=O)[O-])cc2)sc2cc(F)cc(F)c21. The molecule has 28 heavy (non-hydrogen) atoms. The Morgan fingerprint density at radius 1 is 1.29 bits per heavy atom. The number of aromatic nitrogens is 1. The number of hydrogen-bond acceptors (Lipinski definition) is 4. The summed E-state index contributed by atoms with van der Waals surface area (Å²) in [7, 11) is 0. The molecule has 3 rings (SSSR count). The summed E-state index contributed by atoms with van der Waals surface area (Å²) in [6.45, 7) is 3.80. The van der Waals surface area contributed by atoms with Crippen molar-refractivity contribution in [2.45, 2.75) is 6.54 Å². The number of benzene rings is 2. The average molecular weight is 401 g/mol. The maximum Gasteiger partial charge on any atom is 0.272 e. The fourth-order valence-electron chi connectivity index (χ4n) is 2.52. The van der Waals surface area contributed by atoms with Crippen molar-refractivity contribution in [3.63, 3.8) is 0 Å². The van der Waals surface area contributed by atoms with E-state index < -0.39 is 22.5 Å². The molecule has 1 amide bonds. The first-order valence-electron chi connectivity index (χ1n) is 7.99. The van der Waals surface area contributed by atoms with Crippen LogP contribution >= 0.6 is 11.3 Å². The minimum Gasteiger partial charge on any atom is -0.310 e. The van der Waals surface area contributed by atoms with Crippen molar-refractivity contribution in [2.75, 3.05) is 0 Å². The molecule has 9 heteroatoms. The Balaban J connectivity index is 1.95. The zero-order valence-electron chi connectivity index (χ0n) is 14.3. The number of fused-ring (bicyclic) bond motifs is 1. The molecule has 1 aromatic heterocycles. The number of amides is 1. The van der Waals surface area contributed by atoms with E-state index >= 15 is 0 Å². The molecule has 142 valence electrons. The minimum atomic E-state index is -0.747. The lowest BCUT2D eigenvalue weighted by Crippen LogP contribution is -2.16. The first-order valence-corrected chi connectivity index (χ1v) is 8.81. The van der Waals surface area contributed by atoms with E-state index in [1.165, 1.54) is 53.1 Å². The zero-order valence-corrected chi connectivity index (χ0v) is 15.2. The first kappa shape index (κ1) is 19.3. The van der Waals surface area contributed by atoms with Crippen molar-refractivity contribution in [1.82, 2.24) is 4.57 Å². The van der Waals surface area contributed by atoms with Gasteiger partial charge in [0.2, 0.25) is 0 Å². The largest absolute Gasteiger partial charge is 0.310 e. The highest BCUT2D eigenvalue weighted by molar-refractivity contribution is 7.16. The van der Waals surface area contributed by atoms with Gasteiger partial charge in [0.05, 0.1) is 15.1 Å². The summed E-state index contributed by atoms with van der Waals surface area (Å²) in [5.74, 6) is -2.07. The maximum absolute atomic E-state index is 14.2. The third kappa shape index (κ3) is 4.09. The Labute approximate surface area is 161 Å². The third-order valence-corrected chi connectivity index (χ3v) is 4.76. The number of hydrogen-bond donors (Lipinski definition) is 0. The van der Waals surface area contributed by atoms with Crippen LogP contribution in [0.5, 0.6) is 0 Å². The summed E-state index contributed by atoms with van der Waals surface area (Å²) in [5, 5.41) is 10.6. The molecular weight excluding hydrogens is 388 g/mol. The second-order valence-electron chi connectivity index (χ2n) is 5.65. The molecule has 6 nitrogen and oxygen atoms in total. The molecule has 0 fully saturated rings. The van der Waals surface area contributed by atoms with Gasteiger partial charge in [0.15, 0.2) is 10.6 Å². The first-order chi connectivity index (χ1) is 13.4. The van der Waals surface area contributed by atoms with Gasteiger partial charge in [0.1, 0.15) is 5.82 Å². The van der Waals surface area contributed by atoms with Crippen molar-refractivity contribution < 1.29 is 18.5 Å². The van der Waals surface area contributed by atoms with Gasteiger partial charge in [0, 0.05) is 30.8 Å². The van der Waals surface area contributed by atoms with Crippen molar-refractivity contribution in [3.8, 4) is 0 Å². The second-order valence-corrected chi connectivity index (χ2v) is 6.66. The molecule has 0 atom stereocenters. The van der Waals surface area contributed by atoms with Gasteiger partial charge in [-0.3, -0.25) is 14.9 Å². The molecule has 0 saturated carbocycles. The van der Waals surface area contributed by atoms with Gasteiger partial charge in [-0.05, 0) is 29.8 Å². The van der Waals surface area contributed by atoms with Gasteiger partial charge in [-0.15, -0.1) is 6.58 Å². The Morgan fingerprint density at radius 3 is 2.64 bits per heavy atom. The Hall–Kier alpha value is -3.46. The number of nitro benzene ring substituents is 1. The average Bonchev–Trinajstić information content (AvgIpc) is 2.97. The number of nitro groups is 1. The highest BCUT2D eigenvalue weighted by atomic mass is 32.1. The van der Waals surface area contributed by atoms with Crippen LogP contribution in [-0.2, 0) is 11.3 Å². The van der Waals surface area contributed by atoms with Crippen LogP contribution in [0.3, 0.4) is 0 Å². The Kier molecular flexibility index (Phi) is 5.55. The Morgan fingerprint density at radius 2 is 2.00 bits per heavy atom. The number of nitrogens with zero attached hydrogens (tertiary/aromatic N) is 3. The number of halogens is 2. The molecular formula is C19H13F2N3O3S. The number of thiazole rings is 1. The monoisotopic (exact) mass is 401 g/mol. The van der Waals surface area contributed by atoms with Crippen LogP contribution in [0.15, 0.2) is 60.1 Å². The molecule has 2 aromatic carbocycles. The van der Waals surface area contributed by atoms with Crippen LogP contribution in [0.25, 0.3) is 16.3 Å². The lowest BCUT2D eigenvalue weighted by atomic mass is 10.2. The second kappa shape index (κ2) is 8.05. The molecule has 0 unspecified atom stereocenters. The summed E-state index contributed by atoms with van der Waals surface area (Å²) >= 11 is 0.986. The van der Waals surface area contributed by atoms with Crippen molar-refractivity contribution in [2.24, 2.45) is 4.99 Å². The van der Waals surface area contributed by atoms with E-state index in [1.54, 1.807) is 0 Å². The molecule has 0 spiro atoms. The quantitative estimate of drug-likeness (QED) is 0.278. The number of carbonyl (C=O) groups excluding carboxylic acids is 1. The standard InChI is InChI=1S/C19H13F2N3O3S/c1-2-9-23-18-15(21)10-13(20)11-16(18)28-19(23)22-17(25)8-5-12-3-6-14(7-4-12)24(26)27/h2-8,10-11H,1,9H2. The third-order valence-electron chi connectivity index (χ3n) is 3.74. The van der Waals surface area contributed by atoms with Gasteiger partial charge < -0.3 is 4.57 Å². The van der Waals surface area contributed by atoms with E-state index in [0.29, 0.717) is 10.3 Å². The lowest BCUT2D eigenvalue weighted by Gasteiger charge is -2.01. The molecule has 0 radical (unpaired) electrons. The van der Waals surface area contributed by atoms with Crippen LogP contribution in [0.1, 0.15) is 5.56 Å². The van der Waals surface area contributed by atoms with Crippen LogP contribution in [-0.4, -0.2) is 15.4 Å². The van der Waals surface area contributed by atoms with Gasteiger partial charge >= 0.3 is 0 Å². The fraction of sp³-hybridized carbons (Fsp3) is 0.0526. The van der Waals surface area contributed by atoms with E-state index in [1.807, 2.05) is 0 Å². The summed E-state index contributed by atoms with van der Waals surface area (Å²) in [5.41, 5.74) is 0.674. The summed E-state index contributed by atoms with van der Waals surface area (Å²) in [6, 6.07) is 7.59. The molecule has 3 aromatic rings. The highest BCUT2D eigenvalue weighted by Crippen LogP contribution is 2.22. The van der Waals surface area contributed by atoms with E-state index in [4.69, 9.17) is 0 Å². The number of allylic oxidation sites excluding steroid dienone is 1. The maximum atomic E-state index is 14.2. The summed E-state index contributed by atoms with van der Waals surface area (Å²) < 4.78 is 29.4. The minimum absolute atomic E-state index is 0.0573. The molecule has 0 aliphatic carbocycles. The molecule has 0 aliphatic rings. The fourth-order valence-corrected chi connectivity index (χ4v) is 3.60. The summed E-state index contributed by atoms with van der Waals surface area (Å²) in [4.78, 5) is 26.5. The van der Waals surface area contributed by atoms with E-state index in [9.17, 15) is 23.7 Å².